The number of ether oxygens (including phenoxy) is 2. The average Bonchev–Trinajstić information content (AvgIpc) is 2.74. The molecule has 0 spiro atoms. The summed E-state index contributed by atoms with van der Waals surface area (Å²) in [7, 11) is 1.31. The number of carbonyl (C=O) groups is 3. The van der Waals surface area contributed by atoms with E-state index in [1.165, 1.54) is 7.11 Å². The summed E-state index contributed by atoms with van der Waals surface area (Å²) in [5, 5.41) is 3.02. The first-order valence-corrected chi connectivity index (χ1v) is 10.6. The Morgan fingerprint density at radius 1 is 1.10 bits per heavy atom. The second-order valence-electron chi connectivity index (χ2n) is 6.08. The number of amides is 1. The fraction of sp³-hybridized carbons (Fsp3) is 0.286. The van der Waals surface area contributed by atoms with Gasteiger partial charge < -0.3 is 14.8 Å². The largest absolute Gasteiger partial charge is 0.465 e. The molecule has 0 aromatic heterocycles. The van der Waals surface area contributed by atoms with Crippen molar-refractivity contribution >= 4 is 41.2 Å². The van der Waals surface area contributed by atoms with Gasteiger partial charge in [0.1, 0.15) is 12.6 Å². The third-order valence-corrected chi connectivity index (χ3v) is 5.05. The van der Waals surface area contributed by atoms with E-state index in [4.69, 9.17) is 16.3 Å². The summed E-state index contributed by atoms with van der Waals surface area (Å²) in [6.07, 6.45) is 2.35. The van der Waals surface area contributed by atoms with Gasteiger partial charge in [-0.15, -0.1) is 0 Å². The van der Waals surface area contributed by atoms with E-state index in [1.54, 1.807) is 60.3 Å². The Hall–Kier alpha value is -2.51. The summed E-state index contributed by atoms with van der Waals surface area (Å²) in [4.78, 5) is 36.5. The predicted molar refractivity (Wildman–Crippen MR) is 113 cm³/mol. The Kier molecular flexibility index (Phi) is 9.02. The molecule has 1 N–H and O–H groups in total. The highest BCUT2D eigenvalue weighted by Crippen LogP contribution is 2.16. The fourth-order valence-electron chi connectivity index (χ4n) is 2.48. The zero-order chi connectivity index (χ0) is 21.2. The lowest BCUT2D eigenvalue weighted by Gasteiger charge is -2.18. The van der Waals surface area contributed by atoms with Gasteiger partial charge in [0.15, 0.2) is 0 Å². The molecule has 1 amide bonds. The van der Waals surface area contributed by atoms with Gasteiger partial charge in [0.2, 0.25) is 0 Å². The number of benzene rings is 2. The number of thioether (sulfide) groups is 1. The van der Waals surface area contributed by atoms with Crippen molar-refractivity contribution in [2.24, 2.45) is 0 Å². The van der Waals surface area contributed by atoms with Crippen LogP contribution < -0.4 is 5.32 Å². The van der Waals surface area contributed by atoms with Crippen LogP contribution in [-0.4, -0.2) is 43.0 Å². The van der Waals surface area contributed by atoms with Crippen molar-refractivity contribution in [2.75, 3.05) is 19.1 Å². The van der Waals surface area contributed by atoms with Crippen LogP contribution >= 0.6 is 23.4 Å². The normalized spacial score (nSPS) is 11.4. The highest BCUT2D eigenvalue weighted by molar-refractivity contribution is 7.98. The van der Waals surface area contributed by atoms with Gasteiger partial charge in [-0.2, -0.15) is 11.8 Å². The molecule has 0 fully saturated rings. The van der Waals surface area contributed by atoms with Crippen molar-refractivity contribution in [3.05, 3.63) is 70.2 Å². The second kappa shape index (κ2) is 11.5. The molecule has 154 valence electrons. The van der Waals surface area contributed by atoms with E-state index in [2.05, 4.69) is 10.1 Å². The van der Waals surface area contributed by atoms with Crippen LogP contribution in [0.3, 0.4) is 0 Å². The highest BCUT2D eigenvalue weighted by atomic mass is 35.5. The Balaban J connectivity index is 2.00. The number of nitrogens with one attached hydrogen (secondary N) is 1. The zero-order valence-corrected chi connectivity index (χ0v) is 17.7. The van der Waals surface area contributed by atoms with E-state index in [0.29, 0.717) is 33.9 Å². The molecule has 2 aromatic rings. The monoisotopic (exact) mass is 435 g/mol. The molecular weight excluding hydrogens is 414 g/mol. The molecule has 0 aliphatic carbocycles. The number of rotatable bonds is 9. The zero-order valence-electron chi connectivity index (χ0n) is 16.1. The Bertz CT molecular complexity index is 856. The molecular formula is C21H22ClNO5S. The van der Waals surface area contributed by atoms with Crippen LogP contribution in [0.2, 0.25) is 5.02 Å². The molecule has 29 heavy (non-hydrogen) atoms. The molecule has 2 aromatic carbocycles. The van der Waals surface area contributed by atoms with Gasteiger partial charge in [-0.1, -0.05) is 35.9 Å². The first-order valence-electron chi connectivity index (χ1n) is 8.84. The maximum Gasteiger partial charge on any atom is 0.337 e. The molecule has 0 aliphatic rings. The standard InChI is InChI=1S/C21H22ClNO5S/c1-27-20(25)15-9-7-14(8-10-15)13-28-21(26)18(11-12-29-2)23-19(24)16-5-3-4-6-17(16)22/h3-10,18H,11-13H2,1-2H3,(H,23,24). The first-order chi connectivity index (χ1) is 14.0. The molecule has 6 nitrogen and oxygen atoms in total. The lowest BCUT2D eigenvalue weighted by molar-refractivity contribution is -0.147. The minimum Gasteiger partial charge on any atom is -0.465 e. The molecule has 0 saturated heterocycles. The predicted octanol–water partition coefficient (Wildman–Crippen LogP) is 3.72. The summed E-state index contributed by atoms with van der Waals surface area (Å²) in [6.45, 7) is 0.0258. The minimum atomic E-state index is -0.791. The van der Waals surface area contributed by atoms with Gasteiger partial charge in [0.05, 0.1) is 23.3 Å². The maximum atomic E-state index is 12.5. The summed E-state index contributed by atoms with van der Waals surface area (Å²) in [5.74, 6) is -0.721. The fourth-order valence-corrected chi connectivity index (χ4v) is 3.17. The van der Waals surface area contributed by atoms with Gasteiger partial charge in [0, 0.05) is 0 Å². The molecule has 2 rings (SSSR count). The van der Waals surface area contributed by atoms with Gasteiger partial charge >= 0.3 is 11.9 Å². The lowest BCUT2D eigenvalue weighted by atomic mass is 10.1. The van der Waals surface area contributed by atoms with Crippen LogP contribution in [0.4, 0.5) is 0 Å². The molecule has 1 unspecified atom stereocenters. The van der Waals surface area contributed by atoms with Crippen molar-refractivity contribution in [3.63, 3.8) is 0 Å². The Morgan fingerprint density at radius 2 is 1.79 bits per heavy atom. The van der Waals surface area contributed by atoms with E-state index in [1.807, 2.05) is 6.26 Å². The Labute approximate surface area is 178 Å². The SMILES string of the molecule is COC(=O)c1ccc(COC(=O)C(CCSC)NC(=O)c2ccccc2Cl)cc1. The second-order valence-corrected chi connectivity index (χ2v) is 7.48. The van der Waals surface area contributed by atoms with Crippen molar-refractivity contribution in [1.29, 1.82) is 0 Å². The maximum absolute atomic E-state index is 12.5. The number of methoxy groups -OCH3 is 1. The average molecular weight is 436 g/mol. The van der Waals surface area contributed by atoms with Crippen LogP contribution in [0.5, 0.6) is 0 Å². The van der Waals surface area contributed by atoms with E-state index in [9.17, 15) is 14.4 Å². The van der Waals surface area contributed by atoms with E-state index < -0.39 is 23.9 Å². The summed E-state index contributed by atoms with van der Waals surface area (Å²) in [5.41, 5.74) is 1.42. The van der Waals surface area contributed by atoms with Crippen LogP contribution in [0.15, 0.2) is 48.5 Å². The topological polar surface area (TPSA) is 81.7 Å². The van der Waals surface area contributed by atoms with Crippen molar-refractivity contribution in [1.82, 2.24) is 5.32 Å². The van der Waals surface area contributed by atoms with Gasteiger partial charge in [-0.25, -0.2) is 9.59 Å². The van der Waals surface area contributed by atoms with Gasteiger partial charge in [-0.05, 0) is 48.3 Å². The molecule has 0 aliphatic heterocycles. The number of hydrogen-bond donors (Lipinski definition) is 1. The smallest absolute Gasteiger partial charge is 0.337 e. The number of esters is 2. The van der Waals surface area contributed by atoms with Crippen LogP contribution in [0, 0.1) is 0 Å². The van der Waals surface area contributed by atoms with Crippen LogP contribution in [0.1, 0.15) is 32.7 Å². The molecule has 1 atom stereocenters. The summed E-state index contributed by atoms with van der Waals surface area (Å²) < 4.78 is 10.0. The number of hydrogen-bond acceptors (Lipinski definition) is 6. The van der Waals surface area contributed by atoms with E-state index in [0.717, 1.165) is 0 Å². The van der Waals surface area contributed by atoms with Crippen molar-refractivity contribution < 1.29 is 23.9 Å². The van der Waals surface area contributed by atoms with Gasteiger partial charge in [-0.3, -0.25) is 4.79 Å². The molecule has 0 saturated carbocycles. The molecule has 8 heteroatoms. The first kappa shape index (κ1) is 22.8. The molecule has 0 bridgehead atoms. The Morgan fingerprint density at radius 3 is 2.41 bits per heavy atom. The third-order valence-electron chi connectivity index (χ3n) is 4.08. The number of carbonyl (C=O) groups excluding carboxylic acids is 3. The summed E-state index contributed by atoms with van der Waals surface area (Å²) >= 11 is 7.62. The minimum absolute atomic E-state index is 0.0258. The molecule has 0 heterocycles. The third kappa shape index (κ3) is 6.80. The van der Waals surface area contributed by atoms with Crippen LogP contribution in [0.25, 0.3) is 0 Å². The highest BCUT2D eigenvalue weighted by Gasteiger charge is 2.23. The summed E-state index contributed by atoms with van der Waals surface area (Å²) in [6, 6.07) is 12.4. The van der Waals surface area contributed by atoms with E-state index >= 15 is 0 Å². The van der Waals surface area contributed by atoms with Crippen molar-refractivity contribution in [2.45, 2.75) is 19.1 Å². The molecule has 0 radical (unpaired) electrons. The van der Waals surface area contributed by atoms with Crippen molar-refractivity contribution in [3.8, 4) is 0 Å². The number of halogens is 1. The van der Waals surface area contributed by atoms with Crippen LogP contribution in [-0.2, 0) is 20.9 Å². The quantitative estimate of drug-likeness (QED) is 0.604. The van der Waals surface area contributed by atoms with Gasteiger partial charge in [0.25, 0.3) is 5.91 Å². The van der Waals surface area contributed by atoms with E-state index in [-0.39, 0.29) is 6.61 Å². The lowest BCUT2D eigenvalue weighted by Crippen LogP contribution is -2.42.